The zero-order valence-electron chi connectivity index (χ0n) is 23.4. The Morgan fingerprint density at radius 2 is 1.67 bits per heavy atom. The zero-order chi connectivity index (χ0) is 28.2. The first kappa shape index (κ1) is 23.2. The van der Waals surface area contributed by atoms with Crippen molar-refractivity contribution in [3.05, 3.63) is 108 Å². The van der Waals surface area contributed by atoms with Crippen molar-refractivity contribution in [3.8, 4) is 11.1 Å². The number of fused-ring (bicyclic) bond motifs is 10. The van der Waals surface area contributed by atoms with Gasteiger partial charge < -0.3 is 19.9 Å². The molecule has 0 aliphatic heterocycles. The maximum Gasteiger partial charge on any atom is 0.144 e. The van der Waals surface area contributed by atoms with Gasteiger partial charge in [0.2, 0.25) is 0 Å². The van der Waals surface area contributed by atoms with Gasteiger partial charge in [0, 0.05) is 45.0 Å². The number of para-hydroxylation sites is 1. The molecule has 1 unspecified atom stereocenters. The molecule has 2 aliphatic carbocycles. The summed E-state index contributed by atoms with van der Waals surface area (Å²) < 4.78 is 15.1. The minimum Gasteiger partial charge on any atom is -0.460 e. The van der Waals surface area contributed by atoms with E-state index in [1.165, 1.54) is 10.9 Å². The Morgan fingerprint density at radius 1 is 0.791 bits per heavy atom. The number of aromatic nitrogens is 1. The highest BCUT2D eigenvalue weighted by atomic mass is 16.3. The molecule has 4 aromatic heterocycles. The van der Waals surface area contributed by atoms with Crippen LogP contribution < -0.4 is 11.1 Å². The van der Waals surface area contributed by atoms with Crippen molar-refractivity contribution in [2.24, 2.45) is 0 Å². The van der Waals surface area contributed by atoms with Gasteiger partial charge in [-0.2, -0.15) is 0 Å². The Labute approximate surface area is 246 Å². The molecule has 0 saturated heterocycles. The lowest BCUT2D eigenvalue weighted by Crippen LogP contribution is -2.18. The van der Waals surface area contributed by atoms with E-state index in [9.17, 15) is 0 Å². The highest BCUT2D eigenvalue weighted by molar-refractivity contribution is 6.27. The summed E-state index contributed by atoms with van der Waals surface area (Å²) in [4.78, 5) is 0. The van der Waals surface area contributed by atoms with Crippen molar-refractivity contribution in [2.75, 3.05) is 11.1 Å². The highest BCUT2D eigenvalue weighted by Crippen LogP contribution is 2.47. The third-order valence-electron chi connectivity index (χ3n) is 9.40. The quantitative estimate of drug-likeness (QED) is 0.227. The van der Waals surface area contributed by atoms with Crippen LogP contribution in [0.15, 0.2) is 106 Å². The Morgan fingerprint density at radius 3 is 2.60 bits per heavy atom. The van der Waals surface area contributed by atoms with E-state index < -0.39 is 0 Å². The molecule has 0 bridgehead atoms. The highest BCUT2D eigenvalue weighted by Gasteiger charge is 2.26. The fraction of sp³-hybridized carbons (Fsp3) is 0.105. The lowest BCUT2D eigenvalue weighted by molar-refractivity contribution is 0.549. The third-order valence-corrected chi connectivity index (χ3v) is 9.40. The molecule has 0 amide bonds. The fourth-order valence-corrected chi connectivity index (χ4v) is 7.40. The molecule has 43 heavy (non-hydrogen) atoms. The van der Waals surface area contributed by atoms with Crippen LogP contribution in [0.4, 0.5) is 11.5 Å². The standard InChI is InChI=1S/C38H27N3O2/c39-35-29-20-22(21-14-17-33-27(18-21)25-11-5-6-12-31(25)42-33)19-28-34-30(16-15-26-24-10-4-7-13-32(24)43-37(26)34)41(36(28)29)38(35)40-23-8-2-1-3-9-23/h1-6,8,10-12,14-20,23,40H,7,9,13,39H2. The van der Waals surface area contributed by atoms with E-state index in [-0.39, 0.29) is 6.04 Å². The number of rotatable bonds is 3. The van der Waals surface area contributed by atoms with E-state index in [0.29, 0.717) is 0 Å². The van der Waals surface area contributed by atoms with Crippen molar-refractivity contribution in [1.82, 2.24) is 4.40 Å². The van der Waals surface area contributed by atoms with Crippen molar-refractivity contribution in [1.29, 1.82) is 0 Å². The largest absolute Gasteiger partial charge is 0.460 e. The molecule has 0 saturated carbocycles. The molecule has 1 atom stereocenters. The lowest BCUT2D eigenvalue weighted by atomic mass is 9.97. The van der Waals surface area contributed by atoms with Crippen LogP contribution in [-0.2, 0) is 6.42 Å². The number of benzene rings is 4. The fourth-order valence-electron chi connectivity index (χ4n) is 7.40. The second-order valence-electron chi connectivity index (χ2n) is 11.8. The van der Waals surface area contributed by atoms with Gasteiger partial charge in [0.15, 0.2) is 0 Å². The Bertz CT molecular complexity index is 2530. The normalized spacial score (nSPS) is 16.6. The molecule has 2 aliphatic rings. The average Bonchev–Trinajstić information content (AvgIpc) is 3.78. The van der Waals surface area contributed by atoms with Crippen molar-refractivity contribution >= 4 is 77.7 Å². The van der Waals surface area contributed by atoms with Gasteiger partial charge in [-0.15, -0.1) is 0 Å². The molecule has 0 spiro atoms. The molecular weight excluding hydrogens is 530 g/mol. The molecular formula is C38H27N3O2. The number of anilines is 2. The summed E-state index contributed by atoms with van der Waals surface area (Å²) in [6.07, 6.45) is 15.9. The van der Waals surface area contributed by atoms with Crippen LogP contribution in [0, 0.1) is 0 Å². The molecule has 5 heteroatoms. The van der Waals surface area contributed by atoms with E-state index >= 15 is 0 Å². The number of hydrogen-bond acceptors (Lipinski definition) is 4. The van der Waals surface area contributed by atoms with Crippen LogP contribution in [0.5, 0.6) is 0 Å². The number of nitrogen functional groups attached to an aromatic ring is 1. The first-order chi connectivity index (χ1) is 21.2. The summed E-state index contributed by atoms with van der Waals surface area (Å²) in [5, 5.41) is 10.5. The van der Waals surface area contributed by atoms with Crippen molar-refractivity contribution in [3.63, 3.8) is 0 Å². The minimum absolute atomic E-state index is 0.168. The number of aryl methyl sites for hydroxylation is 1. The van der Waals surface area contributed by atoms with Crippen LogP contribution in [-0.4, -0.2) is 10.4 Å². The van der Waals surface area contributed by atoms with Gasteiger partial charge in [-0.05, 0) is 66.4 Å². The predicted molar refractivity (Wildman–Crippen MR) is 178 cm³/mol. The van der Waals surface area contributed by atoms with Gasteiger partial charge in [0.1, 0.15) is 28.3 Å². The number of furan rings is 2. The molecule has 4 aromatic carbocycles. The summed E-state index contributed by atoms with van der Waals surface area (Å²) in [5.41, 5.74) is 16.2. The average molecular weight is 558 g/mol. The van der Waals surface area contributed by atoms with Gasteiger partial charge in [0.05, 0.1) is 22.1 Å². The summed E-state index contributed by atoms with van der Waals surface area (Å²) in [5.74, 6) is 2.01. The lowest BCUT2D eigenvalue weighted by Gasteiger charge is -2.17. The number of allylic oxidation sites excluding steroid dienone is 3. The summed E-state index contributed by atoms with van der Waals surface area (Å²) in [6, 6.07) is 23.9. The number of nitrogens with two attached hydrogens (primary N) is 1. The summed E-state index contributed by atoms with van der Waals surface area (Å²) in [7, 11) is 0. The molecule has 0 radical (unpaired) electrons. The number of nitrogens with zero attached hydrogens (tertiary/aromatic N) is 1. The third kappa shape index (κ3) is 3.11. The predicted octanol–water partition coefficient (Wildman–Crippen LogP) is 9.83. The van der Waals surface area contributed by atoms with Gasteiger partial charge >= 0.3 is 0 Å². The molecule has 4 heterocycles. The van der Waals surface area contributed by atoms with Crippen LogP contribution >= 0.6 is 0 Å². The van der Waals surface area contributed by atoms with Crippen LogP contribution in [0.3, 0.4) is 0 Å². The van der Waals surface area contributed by atoms with Crippen molar-refractivity contribution < 1.29 is 8.83 Å². The second kappa shape index (κ2) is 8.33. The van der Waals surface area contributed by atoms with Gasteiger partial charge in [-0.1, -0.05) is 60.7 Å². The van der Waals surface area contributed by atoms with Gasteiger partial charge in [0.25, 0.3) is 0 Å². The van der Waals surface area contributed by atoms with E-state index in [1.54, 1.807) is 0 Å². The Kier molecular flexibility index (Phi) is 4.49. The van der Waals surface area contributed by atoms with Crippen LogP contribution in [0.1, 0.15) is 24.2 Å². The maximum absolute atomic E-state index is 7.03. The molecule has 3 N–H and O–H groups in total. The van der Waals surface area contributed by atoms with E-state index in [1.807, 2.05) is 12.1 Å². The molecule has 5 nitrogen and oxygen atoms in total. The zero-order valence-corrected chi connectivity index (χ0v) is 23.4. The SMILES string of the molecule is Nc1c(NC2C=CC=CC2)n2c3ccc4c5c(oc4c3c3cc(-c4ccc6oc7ccccc7c6c4)cc1c32)CCC=C5. The molecule has 206 valence electrons. The maximum atomic E-state index is 7.03. The Hall–Kier alpha value is -5.42. The van der Waals surface area contributed by atoms with Crippen LogP contribution in [0.25, 0.3) is 77.3 Å². The van der Waals surface area contributed by atoms with Gasteiger partial charge in [-0.3, -0.25) is 4.40 Å². The van der Waals surface area contributed by atoms with E-state index in [4.69, 9.17) is 14.6 Å². The number of hydrogen-bond donors (Lipinski definition) is 2. The smallest absolute Gasteiger partial charge is 0.144 e. The number of nitrogens with one attached hydrogen (secondary N) is 1. The monoisotopic (exact) mass is 557 g/mol. The minimum atomic E-state index is 0.168. The summed E-state index contributed by atoms with van der Waals surface area (Å²) >= 11 is 0. The van der Waals surface area contributed by atoms with Gasteiger partial charge in [-0.25, -0.2) is 0 Å². The van der Waals surface area contributed by atoms with E-state index in [2.05, 4.69) is 101 Å². The first-order valence-corrected chi connectivity index (χ1v) is 15.0. The first-order valence-electron chi connectivity index (χ1n) is 15.0. The van der Waals surface area contributed by atoms with Crippen molar-refractivity contribution in [2.45, 2.75) is 25.3 Å². The molecule has 8 aromatic rings. The topological polar surface area (TPSA) is 68.7 Å². The second-order valence-corrected chi connectivity index (χ2v) is 11.8. The molecule has 0 fully saturated rings. The van der Waals surface area contributed by atoms with E-state index in [0.717, 1.165) is 102 Å². The molecule has 10 rings (SSSR count). The Balaban J connectivity index is 1.30. The summed E-state index contributed by atoms with van der Waals surface area (Å²) in [6.45, 7) is 0. The van der Waals surface area contributed by atoms with Crippen LogP contribution in [0.2, 0.25) is 0 Å².